The lowest BCUT2D eigenvalue weighted by molar-refractivity contribution is -0.147. The molecule has 1 saturated heterocycles. The van der Waals surface area contributed by atoms with E-state index in [1.165, 1.54) is 16.0 Å². The lowest BCUT2D eigenvalue weighted by Crippen LogP contribution is -2.57. The van der Waals surface area contributed by atoms with E-state index in [9.17, 15) is 9.59 Å². The molecule has 1 atom stereocenters. The van der Waals surface area contributed by atoms with E-state index in [0.717, 1.165) is 12.8 Å². The van der Waals surface area contributed by atoms with Crippen molar-refractivity contribution in [3.05, 3.63) is 35.4 Å². The summed E-state index contributed by atoms with van der Waals surface area (Å²) in [5, 5.41) is 12.1. The van der Waals surface area contributed by atoms with Crippen LogP contribution in [-0.2, 0) is 22.4 Å². The number of benzene rings is 1. The van der Waals surface area contributed by atoms with Crippen LogP contribution in [0.15, 0.2) is 24.3 Å². The quantitative estimate of drug-likeness (QED) is 0.838. The summed E-state index contributed by atoms with van der Waals surface area (Å²) in [4.78, 5) is 24.9. The van der Waals surface area contributed by atoms with Crippen LogP contribution < -0.4 is 5.32 Å². The molecule has 1 heterocycles. The van der Waals surface area contributed by atoms with Crippen molar-refractivity contribution in [3.8, 4) is 0 Å². The van der Waals surface area contributed by atoms with Gasteiger partial charge in [0.05, 0.1) is 13.2 Å². The Bertz CT molecular complexity index is 535. The van der Waals surface area contributed by atoms with E-state index < -0.39 is 12.0 Å². The number of morpholine rings is 1. The lowest BCUT2D eigenvalue weighted by Gasteiger charge is -2.33. The fraction of sp³-hybridized carbons (Fsp3) is 0.467. The standard InChI is InChI=1S/C15H18N2O4/c18-14(19)13-9-21-6-5-17(13)15(20)16-12-7-10-3-1-2-4-11(10)8-12/h1-4,12-13H,5-9H2,(H,16,20)(H,18,19). The fourth-order valence-electron chi connectivity index (χ4n) is 2.97. The maximum absolute atomic E-state index is 12.3. The maximum atomic E-state index is 12.3. The number of nitrogens with one attached hydrogen (secondary N) is 1. The second kappa shape index (κ2) is 5.73. The number of rotatable bonds is 2. The third-order valence-electron chi connectivity index (χ3n) is 4.05. The molecule has 3 rings (SSSR count). The van der Waals surface area contributed by atoms with Crippen molar-refractivity contribution in [3.63, 3.8) is 0 Å². The molecule has 112 valence electrons. The number of ether oxygens (including phenoxy) is 1. The summed E-state index contributed by atoms with van der Waals surface area (Å²) in [6.07, 6.45) is 1.59. The number of amides is 2. The number of hydrogen-bond donors (Lipinski definition) is 2. The smallest absolute Gasteiger partial charge is 0.328 e. The van der Waals surface area contributed by atoms with Gasteiger partial charge in [0, 0.05) is 12.6 Å². The zero-order valence-corrected chi connectivity index (χ0v) is 11.6. The topological polar surface area (TPSA) is 78.9 Å². The first kappa shape index (κ1) is 13.9. The van der Waals surface area contributed by atoms with Crippen LogP contribution in [0.3, 0.4) is 0 Å². The molecule has 0 bridgehead atoms. The van der Waals surface area contributed by atoms with Crippen molar-refractivity contribution >= 4 is 12.0 Å². The molecule has 0 spiro atoms. The number of hydrogen-bond acceptors (Lipinski definition) is 3. The molecule has 1 aliphatic heterocycles. The van der Waals surface area contributed by atoms with Gasteiger partial charge in [-0.3, -0.25) is 0 Å². The van der Waals surface area contributed by atoms with Gasteiger partial charge in [0.15, 0.2) is 6.04 Å². The van der Waals surface area contributed by atoms with Crippen LogP contribution in [0.1, 0.15) is 11.1 Å². The van der Waals surface area contributed by atoms with Gasteiger partial charge in [-0.15, -0.1) is 0 Å². The van der Waals surface area contributed by atoms with Crippen LogP contribution in [0.25, 0.3) is 0 Å². The highest BCUT2D eigenvalue weighted by Crippen LogP contribution is 2.22. The Hall–Kier alpha value is -2.08. The number of fused-ring (bicyclic) bond motifs is 1. The minimum atomic E-state index is -1.03. The molecule has 1 fully saturated rings. The molecule has 1 aromatic carbocycles. The molecule has 2 amide bonds. The third-order valence-corrected chi connectivity index (χ3v) is 4.05. The van der Waals surface area contributed by atoms with Crippen molar-refractivity contribution in [2.45, 2.75) is 24.9 Å². The summed E-state index contributed by atoms with van der Waals surface area (Å²) in [6.45, 7) is 0.734. The molecule has 2 N–H and O–H groups in total. The van der Waals surface area contributed by atoms with Gasteiger partial charge in [-0.1, -0.05) is 24.3 Å². The highest BCUT2D eigenvalue weighted by Gasteiger charge is 2.34. The zero-order valence-electron chi connectivity index (χ0n) is 11.6. The number of urea groups is 1. The van der Waals surface area contributed by atoms with Gasteiger partial charge in [-0.05, 0) is 24.0 Å². The predicted molar refractivity (Wildman–Crippen MR) is 75.1 cm³/mol. The number of carboxylic acid groups (broad SMARTS) is 1. The highest BCUT2D eigenvalue weighted by atomic mass is 16.5. The minimum absolute atomic E-state index is 0.0344. The molecule has 1 aliphatic carbocycles. The van der Waals surface area contributed by atoms with Crippen molar-refractivity contribution in [2.75, 3.05) is 19.8 Å². The van der Waals surface area contributed by atoms with Crippen LogP contribution in [0.4, 0.5) is 4.79 Å². The molecule has 6 heteroatoms. The van der Waals surface area contributed by atoms with Gasteiger partial charge in [0.1, 0.15) is 0 Å². The van der Waals surface area contributed by atoms with E-state index in [1.54, 1.807) is 0 Å². The van der Waals surface area contributed by atoms with E-state index in [4.69, 9.17) is 9.84 Å². The Morgan fingerprint density at radius 3 is 2.52 bits per heavy atom. The van der Waals surface area contributed by atoms with E-state index >= 15 is 0 Å². The van der Waals surface area contributed by atoms with Crippen molar-refractivity contribution in [1.82, 2.24) is 10.2 Å². The third kappa shape index (κ3) is 2.85. The van der Waals surface area contributed by atoms with Crippen LogP contribution in [-0.4, -0.2) is 53.8 Å². The van der Waals surface area contributed by atoms with E-state index in [0.29, 0.717) is 13.2 Å². The first-order valence-corrected chi connectivity index (χ1v) is 7.09. The summed E-state index contributed by atoms with van der Waals surface area (Å²) >= 11 is 0. The Kier molecular flexibility index (Phi) is 3.79. The summed E-state index contributed by atoms with van der Waals surface area (Å²) in [7, 11) is 0. The number of aliphatic carboxylic acids is 1. The monoisotopic (exact) mass is 290 g/mol. The van der Waals surface area contributed by atoms with E-state index in [1.807, 2.05) is 12.1 Å². The first-order chi connectivity index (χ1) is 10.1. The molecular formula is C15H18N2O4. The van der Waals surface area contributed by atoms with Gasteiger partial charge in [0.25, 0.3) is 0 Å². The molecule has 0 aromatic heterocycles. The summed E-state index contributed by atoms with van der Waals surface area (Å²) in [6, 6.07) is 6.93. The lowest BCUT2D eigenvalue weighted by atomic mass is 10.1. The Labute approximate surface area is 122 Å². The SMILES string of the molecule is O=C(O)C1COCCN1C(=O)NC1Cc2ccccc2C1. The van der Waals surface area contributed by atoms with Crippen molar-refractivity contribution in [1.29, 1.82) is 0 Å². The normalized spacial score (nSPS) is 21.9. The summed E-state index contributed by atoms with van der Waals surface area (Å²) in [5.74, 6) is -1.03. The largest absolute Gasteiger partial charge is 0.480 e. The first-order valence-electron chi connectivity index (χ1n) is 7.09. The van der Waals surface area contributed by atoms with Crippen LogP contribution >= 0.6 is 0 Å². The van der Waals surface area contributed by atoms with Crippen molar-refractivity contribution in [2.24, 2.45) is 0 Å². The summed E-state index contributed by atoms with van der Waals surface area (Å²) < 4.78 is 5.14. The predicted octanol–water partition coefficient (Wildman–Crippen LogP) is 0.649. The molecule has 1 unspecified atom stereocenters. The molecule has 1 aromatic rings. The molecule has 0 saturated carbocycles. The maximum Gasteiger partial charge on any atom is 0.328 e. The second-order valence-electron chi connectivity index (χ2n) is 5.45. The van der Waals surface area contributed by atoms with Crippen LogP contribution in [0.2, 0.25) is 0 Å². The highest BCUT2D eigenvalue weighted by molar-refractivity contribution is 5.83. The van der Waals surface area contributed by atoms with E-state index in [2.05, 4.69) is 17.4 Å². The number of carbonyl (C=O) groups excluding carboxylic acids is 1. The Balaban J connectivity index is 1.63. The average Bonchev–Trinajstić information content (AvgIpc) is 2.89. The molecular weight excluding hydrogens is 272 g/mol. The van der Waals surface area contributed by atoms with Gasteiger partial charge < -0.3 is 20.1 Å². The average molecular weight is 290 g/mol. The fourth-order valence-corrected chi connectivity index (χ4v) is 2.97. The number of nitrogens with zero attached hydrogens (tertiary/aromatic N) is 1. The molecule has 2 aliphatic rings. The van der Waals surface area contributed by atoms with Crippen molar-refractivity contribution < 1.29 is 19.4 Å². The van der Waals surface area contributed by atoms with Gasteiger partial charge >= 0.3 is 12.0 Å². The Morgan fingerprint density at radius 1 is 1.24 bits per heavy atom. The van der Waals surface area contributed by atoms with Gasteiger partial charge in [-0.2, -0.15) is 0 Å². The Morgan fingerprint density at radius 2 is 1.90 bits per heavy atom. The van der Waals surface area contributed by atoms with Crippen LogP contribution in [0.5, 0.6) is 0 Å². The zero-order chi connectivity index (χ0) is 14.8. The number of carbonyl (C=O) groups is 2. The molecule has 6 nitrogen and oxygen atoms in total. The van der Waals surface area contributed by atoms with E-state index in [-0.39, 0.29) is 18.7 Å². The molecule has 0 radical (unpaired) electrons. The second-order valence-corrected chi connectivity index (χ2v) is 5.45. The van der Waals surface area contributed by atoms with Gasteiger partial charge in [-0.25, -0.2) is 9.59 Å². The molecule has 21 heavy (non-hydrogen) atoms. The van der Waals surface area contributed by atoms with Gasteiger partial charge in [0.2, 0.25) is 0 Å². The minimum Gasteiger partial charge on any atom is -0.480 e. The number of carboxylic acids is 1. The summed E-state index contributed by atoms with van der Waals surface area (Å²) in [5.41, 5.74) is 2.50. The van der Waals surface area contributed by atoms with Crippen LogP contribution in [0, 0.1) is 0 Å².